The molecule has 19 heavy (non-hydrogen) atoms. The molecule has 0 atom stereocenters. The second kappa shape index (κ2) is 4.90. The van der Waals surface area contributed by atoms with Crippen molar-refractivity contribution in [3.05, 3.63) is 52.8 Å². The van der Waals surface area contributed by atoms with E-state index in [4.69, 9.17) is 11.6 Å². The van der Waals surface area contributed by atoms with E-state index in [1.165, 1.54) is 0 Å². The molecule has 96 valence electrons. The Labute approximate surface area is 115 Å². The van der Waals surface area contributed by atoms with Crippen LogP contribution in [0.5, 0.6) is 0 Å². The Kier molecular flexibility index (Phi) is 3.09. The zero-order valence-electron chi connectivity index (χ0n) is 10.1. The van der Waals surface area contributed by atoms with Crippen molar-refractivity contribution in [3.63, 3.8) is 0 Å². The highest BCUT2D eigenvalue weighted by atomic mass is 35.5. The highest BCUT2D eigenvalue weighted by molar-refractivity contribution is 6.33. The maximum absolute atomic E-state index is 11.3. The smallest absolute Gasteiger partial charge is 0.228 e. The molecule has 0 saturated heterocycles. The van der Waals surface area contributed by atoms with Gasteiger partial charge in [0, 0.05) is 11.9 Å². The number of rotatable bonds is 3. The molecule has 0 saturated carbocycles. The first-order valence-corrected chi connectivity index (χ1v) is 6.36. The first-order valence-electron chi connectivity index (χ1n) is 5.98. The van der Waals surface area contributed by atoms with Gasteiger partial charge < -0.3 is 10.6 Å². The topological polar surface area (TPSA) is 54.0 Å². The van der Waals surface area contributed by atoms with Gasteiger partial charge in [-0.1, -0.05) is 17.7 Å². The number of nitrogens with zero attached hydrogens (tertiary/aromatic N) is 1. The molecule has 1 aliphatic heterocycles. The highest BCUT2D eigenvalue weighted by Gasteiger charge is 2.19. The number of hydrogen-bond acceptors (Lipinski definition) is 3. The van der Waals surface area contributed by atoms with Crippen molar-refractivity contribution in [2.45, 2.75) is 13.0 Å². The van der Waals surface area contributed by atoms with Crippen molar-refractivity contribution >= 4 is 28.9 Å². The Morgan fingerprint density at radius 3 is 3.05 bits per heavy atom. The standard InChI is InChI=1S/C14H12ClN3O/c15-11-7-12-9(6-14(19)18-12)5-13(11)17-8-10-3-1-2-4-16-10/h1-5,7,17H,6,8H2,(H,18,19). The minimum Gasteiger partial charge on any atom is -0.378 e. The Bertz CT molecular complexity index is 628. The van der Waals surface area contributed by atoms with Gasteiger partial charge in [-0.05, 0) is 29.8 Å². The van der Waals surface area contributed by atoms with Crippen molar-refractivity contribution in [1.29, 1.82) is 0 Å². The van der Waals surface area contributed by atoms with E-state index in [1.807, 2.05) is 24.3 Å². The quantitative estimate of drug-likeness (QED) is 0.904. The van der Waals surface area contributed by atoms with Gasteiger partial charge in [-0.25, -0.2) is 0 Å². The predicted molar refractivity (Wildman–Crippen MR) is 75.3 cm³/mol. The molecule has 2 aromatic rings. The summed E-state index contributed by atoms with van der Waals surface area (Å²) >= 11 is 6.19. The van der Waals surface area contributed by atoms with Gasteiger partial charge in [0.15, 0.2) is 0 Å². The number of carbonyl (C=O) groups excluding carboxylic acids is 1. The molecular weight excluding hydrogens is 262 g/mol. The van der Waals surface area contributed by atoms with Crippen molar-refractivity contribution in [1.82, 2.24) is 4.98 Å². The number of benzene rings is 1. The van der Waals surface area contributed by atoms with E-state index < -0.39 is 0 Å². The molecular formula is C14H12ClN3O. The molecule has 1 aromatic heterocycles. The van der Waals surface area contributed by atoms with Gasteiger partial charge >= 0.3 is 0 Å². The summed E-state index contributed by atoms with van der Waals surface area (Å²) in [5.41, 5.74) is 3.53. The fourth-order valence-electron chi connectivity index (χ4n) is 2.07. The summed E-state index contributed by atoms with van der Waals surface area (Å²) in [6.07, 6.45) is 2.16. The third-order valence-corrected chi connectivity index (χ3v) is 3.32. The van der Waals surface area contributed by atoms with Crippen LogP contribution in [0.2, 0.25) is 5.02 Å². The third kappa shape index (κ3) is 2.53. The molecule has 2 heterocycles. The second-order valence-electron chi connectivity index (χ2n) is 4.39. The van der Waals surface area contributed by atoms with Gasteiger partial charge in [0.25, 0.3) is 0 Å². The summed E-state index contributed by atoms with van der Waals surface area (Å²) in [6.45, 7) is 0.598. The molecule has 0 aliphatic carbocycles. The summed E-state index contributed by atoms with van der Waals surface area (Å²) in [7, 11) is 0. The Balaban J connectivity index is 1.79. The van der Waals surface area contributed by atoms with Crippen LogP contribution in [0.3, 0.4) is 0 Å². The number of hydrogen-bond donors (Lipinski definition) is 2. The Hall–Kier alpha value is -2.07. The lowest BCUT2D eigenvalue weighted by atomic mass is 10.1. The van der Waals surface area contributed by atoms with Crippen molar-refractivity contribution in [3.8, 4) is 0 Å². The third-order valence-electron chi connectivity index (χ3n) is 3.00. The molecule has 0 radical (unpaired) electrons. The summed E-state index contributed by atoms with van der Waals surface area (Å²) in [5, 5.41) is 6.61. The maximum Gasteiger partial charge on any atom is 0.228 e. The average molecular weight is 274 g/mol. The van der Waals surface area contributed by atoms with Gasteiger partial charge in [0.2, 0.25) is 5.91 Å². The van der Waals surface area contributed by atoms with E-state index >= 15 is 0 Å². The minimum absolute atomic E-state index is 0.00735. The zero-order chi connectivity index (χ0) is 13.2. The number of nitrogens with one attached hydrogen (secondary N) is 2. The van der Waals surface area contributed by atoms with Crippen LogP contribution in [0.15, 0.2) is 36.5 Å². The SMILES string of the molecule is O=C1Cc2cc(NCc3ccccn3)c(Cl)cc2N1. The van der Waals surface area contributed by atoms with Crippen LogP contribution in [0, 0.1) is 0 Å². The number of fused-ring (bicyclic) bond motifs is 1. The van der Waals surface area contributed by atoms with E-state index in [0.717, 1.165) is 22.6 Å². The van der Waals surface area contributed by atoms with E-state index in [1.54, 1.807) is 12.3 Å². The average Bonchev–Trinajstić information content (AvgIpc) is 2.76. The van der Waals surface area contributed by atoms with Gasteiger partial charge in [-0.3, -0.25) is 9.78 Å². The van der Waals surface area contributed by atoms with Gasteiger partial charge in [0.05, 0.1) is 29.4 Å². The fraction of sp³-hybridized carbons (Fsp3) is 0.143. The Morgan fingerprint density at radius 1 is 1.37 bits per heavy atom. The van der Waals surface area contributed by atoms with E-state index in [9.17, 15) is 4.79 Å². The monoisotopic (exact) mass is 273 g/mol. The summed E-state index contributed by atoms with van der Waals surface area (Å²) in [4.78, 5) is 15.6. The van der Waals surface area contributed by atoms with Gasteiger partial charge in [-0.15, -0.1) is 0 Å². The van der Waals surface area contributed by atoms with Crippen LogP contribution in [0.4, 0.5) is 11.4 Å². The highest BCUT2D eigenvalue weighted by Crippen LogP contribution is 2.32. The van der Waals surface area contributed by atoms with Crippen LogP contribution >= 0.6 is 11.6 Å². The van der Waals surface area contributed by atoms with E-state index in [2.05, 4.69) is 15.6 Å². The van der Waals surface area contributed by atoms with Crippen molar-refractivity contribution in [2.75, 3.05) is 10.6 Å². The first kappa shape index (κ1) is 12.0. The predicted octanol–water partition coefficient (Wildman–Crippen LogP) is 2.84. The number of pyridine rings is 1. The van der Waals surface area contributed by atoms with Gasteiger partial charge in [0.1, 0.15) is 0 Å². The number of aromatic nitrogens is 1. The Morgan fingerprint density at radius 2 is 2.26 bits per heavy atom. The normalized spacial score (nSPS) is 13.0. The summed E-state index contributed by atoms with van der Waals surface area (Å²) in [5.74, 6) is 0.00735. The zero-order valence-corrected chi connectivity index (χ0v) is 10.9. The van der Waals surface area contributed by atoms with E-state index in [0.29, 0.717) is 18.0 Å². The largest absolute Gasteiger partial charge is 0.378 e. The minimum atomic E-state index is 0.00735. The molecule has 0 fully saturated rings. The number of halogens is 1. The lowest BCUT2D eigenvalue weighted by molar-refractivity contribution is -0.115. The fourth-order valence-corrected chi connectivity index (χ4v) is 2.30. The molecule has 0 bridgehead atoms. The van der Waals surface area contributed by atoms with Crippen LogP contribution in [0.25, 0.3) is 0 Å². The molecule has 4 nitrogen and oxygen atoms in total. The van der Waals surface area contributed by atoms with Crippen LogP contribution in [-0.2, 0) is 17.8 Å². The molecule has 0 spiro atoms. The van der Waals surface area contributed by atoms with Crippen molar-refractivity contribution in [2.24, 2.45) is 0 Å². The summed E-state index contributed by atoms with van der Waals surface area (Å²) < 4.78 is 0. The van der Waals surface area contributed by atoms with Crippen LogP contribution < -0.4 is 10.6 Å². The van der Waals surface area contributed by atoms with Crippen LogP contribution in [-0.4, -0.2) is 10.9 Å². The maximum atomic E-state index is 11.3. The number of carbonyl (C=O) groups is 1. The van der Waals surface area contributed by atoms with E-state index in [-0.39, 0.29) is 5.91 Å². The lowest BCUT2D eigenvalue weighted by Crippen LogP contribution is -2.03. The molecule has 3 rings (SSSR count). The molecule has 2 N–H and O–H groups in total. The van der Waals surface area contributed by atoms with Crippen LogP contribution in [0.1, 0.15) is 11.3 Å². The van der Waals surface area contributed by atoms with Gasteiger partial charge in [-0.2, -0.15) is 0 Å². The van der Waals surface area contributed by atoms with Crippen molar-refractivity contribution < 1.29 is 4.79 Å². The molecule has 0 unspecified atom stereocenters. The second-order valence-corrected chi connectivity index (χ2v) is 4.80. The lowest BCUT2D eigenvalue weighted by Gasteiger charge is -2.10. The number of anilines is 2. The first-order chi connectivity index (χ1) is 9.22. The molecule has 5 heteroatoms. The summed E-state index contributed by atoms with van der Waals surface area (Å²) in [6, 6.07) is 9.46. The molecule has 1 aromatic carbocycles. The molecule has 1 aliphatic rings. The number of amides is 1. The molecule has 1 amide bonds.